The molecule has 4 rings (SSSR count). The van der Waals surface area contributed by atoms with Crippen molar-refractivity contribution in [3.8, 4) is 12.1 Å². The van der Waals surface area contributed by atoms with Crippen LogP contribution in [-0.4, -0.2) is 79.2 Å². The lowest BCUT2D eigenvalue weighted by molar-refractivity contribution is -0.384. The van der Waals surface area contributed by atoms with Crippen molar-refractivity contribution in [1.29, 1.82) is 10.5 Å². The summed E-state index contributed by atoms with van der Waals surface area (Å²) in [6, 6.07) is 15.5. The molecule has 10 heteroatoms. The van der Waals surface area contributed by atoms with E-state index in [1.54, 1.807) is 12.1 Å². The number of piperazine rings is 2. The van der Waals surface area contributed by atoms with Crippen molar-refractivity contribution >= 4 is 22.7 Å². The monoisotopic (exact) mass is 518 g/mol. The van der Waals surface area contributed by atoms with Crippen molar-refractivity contribution in [3.63, 3.8) is 0 Å². The Morgan fingerprint density at radius 3 is 1.58 bits per heavy atom. The fraction of sp³-hybridized carbons (Fsp3) is 0.500. The summed E-state index contributed by atoms with van der Waals surface area (Å²) in [5.41, 5.74) is 9.18. The topological polar surface area (TPSA) is 130 Å². The number of non-ortho nitro benzene ring substituents is 1. The van der Waals surface area contributed by atoms with Gasteiger partial charge in [-0.25, -0.2) is 0 Å². The number of nitrogen functional groups attached to an aromatic ring is 1. The fourth-order valence-electron chi connectivity index (χ4n) is 4.88. The second-order valence-electron chi connectivity index (χ2n) is 10.2. The summed E-state index contributed by atoms with van der Waals surface area (Å²) in [5, 5.41) is 29.1. The molecule has 2 aliphatic rings. The van der Waals surface area contributed by atoms with Gasteiger partial charge in [0, 0.05) is 82.3 Å². The molecule has 10 nitrogen and oxygen atoms in total. The first-order valence-corrected chi connectivity index (χ1v) is 13.1. The van der Waals surface area contributed by atoms with Gasteiger partial charge in [0.1, 0.15) is 12.1 Å². The normalized spacial score (nSPS) is 16.5. The van der Waals surface area contributed by atoms with Crippen LogP contribution in [0.5, 0.6) is 0 Å². The Morgan fingerprint density at radius 2 is 1.18 bits per heavy atom. The fourth-order valence-corrected chi connectivity index (χ4v) is 4.88. The molecule has 2 heterocycles. The Kier molecular flexibility index (Phi) is 9.89. The maximum absolute atomic E-state index is 10.8. The van der Waals surface area contributed by atoms with Crippen LogP contribution in [0.1, 0.15) is 38.8 Å². The summed E-state index contributed by atoms with van der Waals surface area (Å²) < 4.78 is 0. The molecule has 2 N–H and O–H groups in total. The van der Waals surface area contributed by atoms with E-state index in [1.165, 1.54) is 12.1 Å². The van der Waals surface area contributed by atoms with Crippen LogP contribution in [-0.2, 0) is 0 Å². The summed E-state index contributed by atoms with van der Waals surface area (Å²) >= 11 is 0. The average Bonchev–Trinajstić information content (AvgIpc) is 2.93. The van der Waals surface area contributed by atoms with E-state index in [0.717, 1.165) is 63.7 Å². The van der Waals surface area contributed by atoms with Crippen LogP contribution in [0.4, 0.5) is 22.7 Å². The molecule has 0 radical (unpaired) electrons. The minimum absolute atomic E-state index is 0.0360. The number of rotatable bonds is 5. The summed E-state index contributed by atoms with van der Waals surface area (Å²) in [7, 11) is 0. The van der Waals surface area contributed by atoms with Crippen LogP contribution in [0.25, 0.3) is 0 Å². The quantitative estimate of drug-likeness (QED) is 0.358. The zero-order chi connectivity index (χ0) is 27.8. The van der Waals surface area contributed by atoms with Crippen LogP contribution >= 0.6 is 0 Å². The van der Waals surface area contributed by atoms with Crippen molar-refractivity contribution in [1.82, 2.24) is 9.80 Å². The molecule has 0 amide bonds. The zero-order valence-corrected chi connectivity index (χ0v) is 22.8. The number of nitro benzene ring substituents is 1. The first-order valence-electron chi connectivity index (χ1n) is 13.1. The highest BCUT2D eigenvalue weighted by molar-refractivity contribution is 5.65. The van der Waals surface area contributed by atoms with Gasteiger partial charge in [-0.3, -0.25) is 19.9 Å². The highest BCUT2D eigenvalue weighted by atomic mass is 16.6. The van der Waals surface area contributed by atoms with E-state index in [-0.39, 0.29) is 5.69 Å². The Hall–Kier alpha value is -3.86. The van der Waals surface area contributed by atoms with Gasteiger partial charge in [-0.1, -0.05) is 0 Å². The van der Waals surface area contributed by atoms with Crippen molar-refractivity contribution < 1.29 is 4.92 Å². The largest absolute Gasteiger partial charge is 0.399 e. The summed E-state index contributed by atoms with van der Waals surface area (Å²) in [5.74, 6) is 0. The molecule has 0 bridgehead atoms. The van der Waals surface area contributed by atoms with Crippen LogP contribution in [0.15, 0.2) is 36.4 Å². The van der Waals surface area contributed by atoms with E-state index < -0.39 is 4.92 Å². The summed E-state index contributed by atoms with van der Waals surface area (Å²) in [4.78, 5) is 19.5. The van der Waals surface area contributed by atoms with Crippen LogP contribution in [0, 0.1) is 32.8 Å². The standard InChI is InChI=1S/C14H18N4O2.C14H20N4/c1-11(2)16-5-7-17(8-6-16)14-4-3-13(18(19)20)9-12(14)10-15;1-11(2)17-5-7-18(8-6-17)14-4-3-13(16)9-12(14)10-15/h3-4,9,11H,5-8H2,1-2H3;3-4,9,11H,5-8,16H2,1-2H3. The lowest BCUT2D eigenvalue weighted by atomic mass is 10.1. The molecule has 0 aliphatic carbocycles. The molecule has 0 atom stereocenters. The van der Waals surface area contributed by atoms with E-state index in [9.17, 15) is 20.6 Å². The number of hydrogen-bond donors (Lipinski definition) is 1. The lowest BCUT2D eigenvalue weighted by Gasteiger charge is -2.38. The van der Waals surface area contributed by atoms with Gasteiger partial charge in [0.15, 0.2) is 0 Å². The van der Waals surface area contributed by atoms with Gasteiger partial charge in [-0.2, -0.15) is 10.5 Å². The van der Waals surface area contributed by atoms with E-state index >= 15 is 0 Å². The summed E-state index contributed by atoms with van der Waals surface area (Å²) in [6.45, 7) is 16.4. The number of nitrogens with two attached hydrogens (primary N) is 1. The highest BCUT2D eigenvalue weighted by Gasteiger charge is 2.22. The van der Waals surface area contributed by atoms with E-state index in [2.05, 4.69) is 59.4 Å². The van der Waals surface area contributed by atoms with Gasteiger partial charge in [0.2, 0.25) is 0 Å². The molecular formula is C28H38N8O2. The van der Waals surface area contributed by atoms with Crippen molar-refractivity contribution in [3.05, 3.63) is 57.6 Å². The van der Waals surface area contributed by atoms with Gasteiger partial charge in [-0.05, 0) is 52.0 Å². The Labute approximate surface area is 225 Å². The predicted octanol–water partition coefficient (Wildman–Crippen LogP) is 3.67. The van der Waals surface area contributed by atoms with Crippen molar-refractivity contribution in [2.75, 3.05) is 67.9 Å². The van der Waals surface area contributed by atoms with E-state index in [0.29, 0.717) is 28.9 Å². The SMILES string of the molecule is CC(C)N1CCN(c2ccc(N)cc2C#N)CC1.CC(C)N1CCN(c2ccc([N+](=O)[O-])cc2C#N)CC1. The van der Waals surface area contributed by atoms with Gasteiger partial charge >= 0.3 is 0 Å². The number of hydrogen-bond acceptors (Lipinski definition) is 9. The van der Waals surface area contributed by atoms with Gasteiger partial charge in [0.25, 0.3) is 5.69 Å². The molecule has 0 saturated carbocycles. The average molecular weight is 519 g/mol. The van der Waals surface area contributed by atoms with Gasteiger partial charge in [0.05, 0.1) is 27.4 Å². The zero-order valence-electron chi connectivity index (χ0n) is 22.8. The van der Waals surface area contributed by atoms with Crippen molar-refractivity contribution in [2.45, 2.75) is 39.8 Å². The second kappa shape index (κ2) is 13.1. The smallest absolute Gasteiger partial charge is 0.270 e. The summed E-state index contributed by atoms with van der Waals surface area (Å²) in [6.07, 6.45) is 0. The highest BCUT2D eigenvalue weighted by Crippen LogP contribution is 2.26. The van der Waals surface area contributed by atoms with Gasteiger partial charge < -0.3 is 15.5 Å². The first-order chi connectivity index (χ1) is 18.1. The molecule has 2 aromatic rings. The van der Waals surface area contributed by atoms with E-state index in [1.807, 2.05) is 12.1 Å². The number of benzene rings is 2. The van der Waals surface area contributed by atoms with Crippen molar-refractivity contribution in [2.24, 2.45) is 0 Å². The Morgan fingerprint density at radius 1 is 0.763 bits per heavy atom. The molecule has 0 spiro atoms. The van der Waals surface area contributed by atoms with Crippen LogP contribution in [0.2, 0.25) is 0 Å². The third kappa shape index (κ3) is 7.12. The first kappa shape index (κ1) is 28.7. The molecule has 38 heavy (non-hydrogen) atoms. The molecule has 202 valence electrons. The van der Waals surface area contributed by atoms with Gasteiger partial charge in [-0.15, -0.1) is 0 Å². The van der Waals surface area contributed by atoms with Crippen LogP contribution < -0.4 is 15.5 Å². The lowest BCUT2D eigenvalue weighted by Crippen LogP contribution is -2.49. The Bertz CT molecular complexity index is 1180. The third-order valence-electron chi connectivity index (χ3n) is 7.22. The Balaban J connectivity index is 0.000000212. The minimum Gasteiger partial charge on any atom is -0.399 e. The second-order valence-corrected chi connectivity index (χ2v) is 10.2. The molecule has 2 fully saturated rings. The molecular weight excluding hydrogens is 480 g/mol. The van der Waals surface area contributed by atoms with E-state index in [4.69, 9.17) is 5.73 Å². The predicted molar refractivity (Wildman–Crippen MR) is 151 cm³/mol. The third-order valence-corrected chi connectivity index (χ3v) is 7.22. The molecule has 2 saturated heterocycles. The molecule has 0 unspecified atom stereocenters. The molecule has 2 aliphatic heterocycles. The number of anilines is 3. The number of nitrogens with zero attached hydrogens (tertiary/aromatic N) is 7. The molecule has 0 aromatic heterocycles. The minimum atomic E-state index is -0.471. The number of nitriles is 2. The maximum Gasteiger partial charge on any atom is 0.270 e. The number of nitro groups is 1. The van der Waals surface area contributed by atoms with Crippen LogP contribution in [0.3, 0.4) is 0 Å². The maximum atomic E-state index is 10.8. The molecule has 2 aromatic carbocycles.